The van der Waals surface area contributed by atoms with Crippen LogP contribution in [0.1, 0.15) is 194 Å². The number of unbranched alkanes of at least 4 members (excludes halogenated alkanes) is 16. The molecule has 0 saturated carbocycles. The highest BCUT2D eigenvalue weighted by Gasteiger charge is 2.19. The van der Waals surface area contributed by atoms with Crippen LogP contribution in [0.15, 0.2) is 72.9 Å². The zero-order chi connectivity index (χ0) is 39.4. The first kappa shape index (κ1) is 50.9. The molecule has 0 saturated heterocycles. The summed E-state index contributed by atoms with van der Waals surface area (Å²) in [5, 5.41) is 0. The smallest absolute Gasteiger partial charge is 0.310 e. The molecule has 6 heteroatoms. The summed E-state index contributed by atoms with van der Waals surface area (Å²) in [6, 6.07) is 0. The average molecular weight is 753 g/mol. The van der Waals surface area contributed by atoms with E-state index in [1.54, 1.807) is 6.08 Å². The predicted octanol–water partition coefficient (Wildman–Crippen LogP) is 13.9. The van der Waals surface area contributed by atoms with E-state index in [-0.39, 0.29) is 31.6 Å². The van der Waals surface area contributed by atoms with Crippen molar-refractivity contribution in [3.05, 3.63) is 72.9 Å². The normalized spacial score (nSPS) is 12.7. The molecule has 0 aromatic heterocycles. The van der Waals surface area contributed by atoms with E-state index in [1.165, 1.54) is 70.6 Å². The summed E-state index contributed by atoms with van der Waals surface area (Å²) in [5.41, 5.74) is 0. The van der Waals surface area contributed by atoms with Crippen molar-refractivity contribution >= 4 is 17.9 Å². The van der Waals surface area contributed by atoms with Crippen molar-refractivity contribution in [2.24, 2.45) is 0 Å². The molecule has 54 heavy (non-hydrogen) atoms. The van der Waals surface area contributed by atoms with Crippen LogP contribution >= 0.6 is 0 Å². The molecule has 0 aliphatic heterocycles. The standard InChI is InChI=1S/C48H80O6/c1-4-7-10-13-16-19-20-21-22-23-24-25-26-27-30-32-35-38-41-47(50)53-44-45(54-48(51)42-39-36-33-29-18-15-12-9-6-3)43-52-46(49)40-37-34-31-28-17-14-11-8-5-2/h8-9,11-12,17-18,24-25,28-29,36,39,45H,4-7,10,13-16,19-23,26-27,30-35,37-38,40-44H2,1-3H3/b11-8-,12-9-,25-24-,28-17-,29-18-,39-36-. The topological polar surface area (TPSA) is 78.9 Å². The van der Waals surface area contributed by atoms with Gasteiger partial charge in [0.25, 0.3) is 0 Å². The second kappa shape index (κ2) is 42.6. The Morgan fingerprint density at radius 1 is 0.407 bits per heavy atom. The molecule has 1 unspecified atom stereocenters. The lowest BCUT2D eigenvalue weighted by Gasteiger charge is -2.18. The van der Waals surface area contributed by atoms with E-state index in [0.29, 0.717) is 12.8 Å². The van der Waals surface area contributed by atoms with Crippen LogP contribution in [-0.2, 0) is 28.6 Å². The van der Waals surface area contributed by atoms with E-state index in [1.807, 2.05) is 6.08 Å². The van der Waals surface area contributed by atoms with Crippen LogP contribution in [-0.4, -0.2) is 37.2 Å². The van der Waals surface area contributed by atoms with Gasteiger partial charge in [-0.2, -0.15) is 0 Å². The Labute approximate surface area is 332 Å². The maximum Gasteiger partial charge on any atom is 0.310 e. The Bertz CT molecular complexity index is 1050. The van der Waals surface area contributed by atoms with Gasteiger partial charge in [-0.25, -0.2) is 0 Å². The van der Waals surface area contributed by atoms with Crippen LogP contribution in [0.2, 0.25) is 0 Å². The van der Waals surface area contributed by atoms with Gasteiger partial charge in [-0.05, 0) is 83.5 Å². The fourth-order valence-electron chi connectivity index (χ4n) is 5.71. The van der Waals surface area contributed by atoms with Crippen LogP contribution in [0.3, 0.4) is 0 Å². The fraction of sp³-hybridized carbons (Fsp3) is 0.688. The minimum Gasteiger partial charge on any atom is -0.462 e. The number of allylic oxidation sites excluding steroid dienone is 11. The Balaban J connectivity index is 4.37. The molecular weight excluding hydrogens is 673 g/mol. The summed E-state index contributed by atoms with van der Waals surface area (Å²) in [4.78, 5) is 37.5. The molecule has 0 heterocycles. The minimum absolute atomic E-state index is 0.0961. The van der Waals surface area contributed by atoms with Gasteiger partial charge in [0.1, 0.15) is 13.2 Å². The Morgan fingerprint density at radius 3 is 1.28 bits per heavy atom. The first-order valence-electron chi connectivity index (χ1n) is 21.9. The third-order valence-corrected chi connectivity index (χ3v) is 8.96. The van der Waals surface area contributed by atoms with Crippen LogP contribution in [0.25, 0.3) is 0 Å². The van der Waals surface area contributed by atoms with Crippen LogP contribution in [0.4, 0.5) is 0 Å². The largest absolute Gasteiger partial charge is 0.462 e. The number of ether oxygens (including phenoxy) is 3. The Morgan fingerprint density at radius 2 is 0.778 bits per heavy atom. The van der Waals surface area contributed by atoms with Gasteiger partial charge in [0, 0.05) is 12.8 Å². The summed E-state index contributed by atoms with van der Waals surface area (Å²) in [7, 11) is 0. The van der Waals surface area contributed by atoms with Gasteiger partial charge >= 0.3 is 17.9 Å². The predicted molar refractivity (Wildman–Crippen MR) is 228 cm³/mol. The van der Waals surface area contributed by atoms with E-state index in [0.717, 1.165) is 83.5 Å². The molecule has 0 aromatic rings. The average Bonchev–Trinajstić information content (AvgIpc) is 3.17. The summed E-state index contributed by atoms with van der Waals surface area (Å²) < 4.78 is 16.5. The molecule has 6 nitrogen and oxygen atoms in total. The third kappa shape index (κ3) is 40.0. The molecule has 1 atom stereocenters. The van der Waals surface area contributed by atoms with Crippen LogP contribution < -0.4 is 0 Å². The number of hydrogen-bond acceptors (Lipinski definition) is 6. The minimum atomic E-state index is -0.837. The maximum absolute atomic E-state index is 12.6. The quantitative estimate of drug-likeness (QED) is 0.0270. The molecule has 0 rings (SSSR count). The lowest BCUT2D eigenvalue weighted by atomic mass is 10.1. The van der Waals surface area contributed by atoms with E-state index in [9.17, 15) is 14.4 Å². The lowest BCUT2D eigenvalue weighted by Crippen LogP contribution is -2.30. The SMILES string of the molecule is CC/C=C\C/C=C\C/C=C\CC(=O)OC(COC(=O)CCCC/C=C\C/C=C\CC)COC(=O)CCCCCCC/C=C\CCCCCCCCCCC. The van der Waals surface area contributed by atoms with Gasteiger partial charge in [-0.15, -0.1) is 0 Å². The molecule has 0 aliphatic rings. The summed E-state index contributed by atoms with van der Waals surface area (Å²) in [6.07, 6.45) is 52.3. The van der Waals surface area contributed by atoms with Crippen molar-refractivity contribution in [2.45, 2.75) is 200 Å². The fourth-order valence-corrected chi connectivity index (χ4v) is 5.71. The van der Waals surface area contributed by atoms with E-state index < -0.39 is 12.1 Å². The lowest BCUT2D eigenvalue weighted by molar-refractivity contribution is -0.166. The second-order valence-corrected chi connectivity index (χ2v) is 14.2. The number of carbonyl (C=O) groups excluding carboxylic acids is 3. The molecule has 308 valence electrons. The number of rotatable bonds is 38. The van der Waals surface area contributed by atoms with Crippen molar-refractivity contribution in [3.8, 4) is 0 Å². The van der Waals surface area contributed by atoms with Gasteiger partial charge in [0.05, 0.1) is 6.42 Å². The van der Waals surface area contributed by atoms with Crippen molar-refractivity contribution in [3.63, 3.8) is 0 Å². The van der Waals surface area contributed by atoms with E-state index in [4.69, 9.17) is 14.2 Å². The van der Waals surface area contributed by atoms with E-state index >= 15 is 0 Å². The molecule has 0 bridgehead atoms. The van der Waals surface area contributed by atoms with Gasteiger partial charge in [0.15, 0.2) is 6.10 Å². The molecule has 0 aromatic carbocycles. The highest BCUT2D eigenvalue weighted by atomic mass is 16.6. The zero-order valence-corrected chi connectivity index (χ0v) is 35.0. The number of esters is 3. The van der Waals surface area contributed by atoms with Crippen molar-refractivity contribution < 1.29 is 28.6 Å². The Hall–Kier alpha value is -3.15. The van der Waals surface area contributed by atoms with Crippen LogP contribution in [0.5, 0.6) is 0 Å². The van der Waals surface area contributed by atoms with Crippen molar-refractivity contribution in [2.75, 3.05) is 13.2 Å². The third-order valence-electron chi connectivity index (χ3n) is 8.96. The maximum atomic E-state index is 12.6. The molecule has 0 amide bonds. The molecular formula is C48H80O6. The second-order valence-electron chi connectivity index (χ2n) is 14.2. The first-order valence-corrected chi connectivity index (χ1v) is 21.9. The molecule has 0 fully saturated rings. The van der Waals surface area contributed by atoms with E-state index in [2.05, 4.69) is 81.5 Å². The summed E-state index contributed by atoms with van der Waals surface area (Å²) >= 11 is 0. The summed E-state index contributed by atoms with van der Waals surface area (Å²) in [5.74, 6) is -1.11. The molecule has 0 N–H and O–H groups in total. The molecule has 0 radical (unpaired) electrons. The van der Waals surface area contributed by atoms with Gasteiger partial charge in [-0.1, -0.05) is 164 Å². The van der Waals surface area contributed by atoms with Crippen LogP contribution in [0, 0.1) is 0 Å². The zero-order valence-electron chi connectivity index (χ0n) is 35.0. The molecule has 0 spiro atoms. The molecule has 0 aliphatic carbocycles. The van der Waals surface area contributed by atoms with Gasteiger partial charge in [-0.3, -0.25) is 14.4 Å². The highest BCUT2D eigenvalue weighted by molar-refractivity contribution is 5.72. The first-order chi connectivity index (χ1) is 26.5. The monoisotopic (exact) mass is 753 g/mol. The van der Waals surface area contributed by atoms with Gasteiger partial charge in [0.2, 0.25) is 0 Å². The number of carbonyl (C=O) groups is 3. The van der Waals surface area contributed by atoms with Gasteiger partial charge < -0.3 is 14.2 Å². The number of hydrogen-bond donors (Lipinski definition) is 0. The van der Waals surface area contributed by atoms with Crippen molar-refractivity contribution in [1.82, 2.24) is 0 Å². The Kier molecular flexibility index (Phi) is 40.1. The van der Waals surface area contributed by atoms with Crippen molar-refractivity contribution in [1.29, 1.82) is 0 Å². The summed E-state index contributed by atoms with van der Waals surface area (Å²) in [6.45, 7) is 6.24. The highest BCUT2D eigenvalue weighted by Crippen LogP contribution is 2.13.